The lowest BCUT2D eigenvalue weighted by Crippen LogP contribution is -2.07. The van der Waals surface area contributed by atoms with Crippen LogP contribution < -0.4 is 4.74 Å². The topological polar surface area (TPSA) is 83.1 Å². The molecule has 2 aromatic carbocycles. The Morgan fingerprint density at radius 2 is 1.87 bits per heavy atom. The number of benzene rings is 2. The molecule has 1 aromatic heterocycles. The van der Waals surface area contributed by atoms with Gasteiger partial charge in [0.2, 0.25) is 0 Å². The first-order valence-corrected chi connectivity index (χ1v) is 10.6. The van der Waals surface area contributed by atoms with E-state index in [1.165, 1.54) is 29.5 Å². The second kappa shape index (κ2) is 10.1. The van der Waals surface area contributed by atoms with E-state index in [0.29, 0.717) is 30.6 Å². The Labute approximate surface area is 179 Å². The molecule has 7 nitrogen and oxygen atoms in total. The molecular weight excluding hydrogens is 400 g/mol. The molecule has 1 heterocycles. The molecule has 0 saturated carbocycles. The zero-order valence-electron chi connectivity index (χ0n) is 17.0. The number of ether oxygens (including phenoxy) is 1. The molecule has 0 radical (unpaired) electrons. The maximum Gasteiger partial charge on any atom is 0.269 e. The predicted octanol–water partition coefficient (Wildman–Crippen LogP) is 5.37. The van der Waals surface area contributed by atoms with Gasteiger partial charge in [-0.2, -0.15) is 0 Å². The van der Waals surface area contributed by atoms with E-state index in [-0.39, 0.29) is 5.69 Å². The lowest BCUT2D eigenvalue weighted by molar-refractivity contribution is -0.384. The number of nitro groups is 1. The quantitative estimate of drug-likeness (QED) is 0.188. The maximum absolute atomic E-state index is 10.8. The molecular formula is C22H24N4O3S. The summed E-state index contributed by atoms with van der Waals surface area (Å²) in [6.07, 6.45) is 1.79. The zero-order valence-corrected chi connectivity index (χ0v) is 17.8. The highest BCUT2D eigenvalue weighted by atomic mass is 32.2. The Hall–Kier alpha value is -3.13. The number of thioether (sulfide) groups is 1. The standard InChI is InChI=1S/C22H24N4O3S/c1-4-13-25-21(14-29-20-11-7-18(8-12-20)16(2)3)23-24-22(25)30-15-17-5-9-19(10-6-17)26(27)28/h4-12,16H,1,13-15H2,2-3H3. The van der Waals surface area contributed by atoms with Crippen LogP contribution >= 0.6 is 11.8 Å². The summed E-state index contributed by atoms with van der Waals surface area (Å²) < 4.78 is 7.86. The third-order valence-electron chi connectivity index (χ3n) is 4.53. The monoisotopic (exact) mass is 424 g/mol. The number of nitro benzene ring substituents is 1. The number of nitrogens with zero attached hydrogens (tertiary/aromatic N) is 4. The average molecular weight is 425 g/mol. The molecule has 0 aliphatic rings. The van der Waals surface area contributed by atoms with Gasteiger partial charge in [0.25, 0.3) is 5.69 Å². The summed E-state index contributed by atoms with van der Waals surface area (Å²) in [6, 6.07) is 14.6. The van der Waals surface area contributed by atoms with Crippen molar-refractivity contribution in [1.29, 1.82) is 0 Å². The molecule has 0 amide bonds. The third-order valence-corrected chi connectivity index (χ3v) is 5.57. The molecule has 0 saturated heterocycles. The molecule has 0 bridgehead atoms. The number of rotatable bonds is 10. The maximum atomic E-state index is 10.8. The summed E-state index contributed by atoms with van der Waals surface area (Å²) >= 11 is 1.52. The SMILES string of the molecule is C=CCn1c(COc2ccc(C(C)C)cc2)nnc1SCc1ccc([N+](=O)[O-])cc1. The van der Waals surface area contributed by atoms with Crippen molar-refractivity contribution in [1.82, 2.24) is 14.8 Å². The summed E-state index contributed by atoms with van der Waals surface area (Å²) in [5.74, 6) is 2.61. The van der Waals surface area contributed by atoms with E-state index in [2.05, 4.69) is 42.8 Å². The van der Waals surface area contributed by atoms with Gasteiger partial charge < -0.3 is 4.74 Å². The number of hydrogen-bond donors (Lipinski definition) is 0. The first kappa shape index (κ1) is 21.6. The highest BCUT2D eigenvalue weighted by Gasteiger charge is 2.13. The highest BCUT2D eigenvalue weighted by molar-refractivity contribution is 7.98. The lowest BCUT2D eigenvalue weighted by Gasteiger charge is -2.10. The fourth-order valence-electron chi connectivity index (χ4n) is 2.80. The number of non-ortho nitro benzene ring substituents is 1. The molecule has 0 unspecified atom stereocenters. The van der Waals surface area contributed by atoms with Crippen LogP contribution in [0.4, 0.5) is 5.69 Å². The molecule has 0 fully saturated rings. The van der Waals surface area contributed by atoms with Crippen molar-refractivity contribution in [3.8, 4) is 5.75 Å². The van der Waals surface area contributed by atoms with E-state index in [4.69, 9.17) is 4.74 Å². The van der Waals surface area contributed by atoms with Gasteiger partial charge in [-0.15, -0.1) is 16.8 Å². The van der Waals surface area contributed by atoms with Gasteiger partial charge in [0.15, 0.2) is 11.0 Å². The molecule has 8 heteroatoms. The normalized spacial score (nSPS) is 10.9. The number of hydrogen-bond acceptors (Lipinski definition) is 6. The van der Waals surface area contributed by atoms with Crippen LogP contribution in [0.5, 0.6) is 5.75 Å². The molecule has 0 N–H and O–H groups in total. The van der Waals surface area contributed by atoms with Crippen LogP contribution in [0.1, 0.15) is 36.7 Å². The smallest absolute Gasteiger partial charge is 0.269 e. The van der Waals surface area contributed by atoms with E-state index in [9.17, 15) is 10.1 Å². The molecule has 0 aliphatic heterocycles. The first-order valence-electron chi connectivity index (χ1n) is 9.59. The van der Waals surface area contributed by atoms with Gasteiger partial charge in [-0.1, -0.05) is 56.0 Å². The molecule has 156 valence electrons. The lowest BCUT2D eigenvalue weighted by atomic mass is 10.0. The van der Waals surface area contributed by atoms with Crippen molar-refractivity contribution in [3.63, 3.8) is 0 Å². The molecule has 0 atom stereocenters. The second-order valence-electron chi connectivity index (χ2n) is 7.02. The van der Waals surface area contributed by atoms with E-state index in [1.54, 1.807) is 18.2 Å². The highest BCUT2D eigenvalue weighted by Crippen LogP contribution is 2.24. The molecule has 0 spiro atoms. The Morgan fingerprint density at radius 1 is 1.17 bits per heavy atom. The van der Waals surface area contributed by atoms with E-state index < -0.39 is 4.92 Å². The molecule has 3 rings (SSSR count). The summed E-state index contributed by atoms with van der Waals surface area (Å²) in [5.41, 5.74) is 2.32. The van der Waals surface area contributed by atoms with Crippen molar-refractivity contribution in [2.75, 3.05) is 0 Å². The summed E-state index contributed by atoms with van der Waals surface area (Å²) in [4.78, 5) is 10.4. The van der Waals surface area contributed by atoms with Crippen LogP contribution in [-0.4, -0.2) is 19.7 Å². The fraction of sp³-hybridized carbons (Fsp3) is 0.273. The zero-order chi connectivity index (χ0) is 21.5. The minimum Gasteiger partial charge on any atom is -0.486 e. The van der Waals surface area contributed by atoms with Crippen molar-refractivity contribution >= 4 is 17.4 Å². The van der Waals surface area contributed by atoms with Crippen LogP contribution in [0.3, 0.4) is 0 Å². The fourth-order valence-corrected chi connectivity index (χ4v) is 3.73. The third kappa shape index (κ3) is 5.48. The van der Waals surface area contributed by atoms with Gasteiger partial charge >= 0.3 is 0 Å². The van der Waals surface area contributed by atoms with Gasteiger partial charge in [0.05, 0.1) is 4.92 Å². The Balaban J connectivity index is 1.65. The summed E-state index contributed by atoms with van der Waals surface area (Å²) in [7, 11) is 0. The van der Waals surface area contributed by atoms with Crippen LogP contribution in [0.15, 0.2) is 66.3 Å². The Bertz CT molecular complexity index is 998. The van der Waals surface area contributed by atoms with Gasteiger partial charge in [-0.25, -0.2) is 0 Å². The molecule has 3 aromatic rings. The van der Waals surface area contributed by atoms with Crippen LogP contribution in [0.2, 0.25) is 0 Å². The average Bonchev–Trinajstić information content (AvgIpc) is 3.13. The minimum atomic E-state index is -0.402. The molecule has 30 heavy (non-hydrogen) atoms. The number of allylic oxidation sites excluding steroid dienone is 1. The van der Waals surface area contributed by atoms with Gasteiger partial charge in [-0.3, -0.25) is 14.7 Å². The first-order chi connectivity index (χ1) is 14.5. The van der Waals surface area contributed by atoms with Crippen molar-refractivity contribution < 1.29 is 9.66 Å². The minimum absolute atomic E-state index is 0.0828. The Kier molecular flexibility index (Phi) is 7.24. The van der Waals surface area contributed by atoms with Crippen molar-refractivity contribution in [3.05, 3.63) is 88.3 Å². The van der Waals surface area contributed by atoms with E-state index >= 15 is 0 Å². The predicted molar refractivity (Wildman–Crippen MR) is 118 cm³/mol. The van der Waals surface area contributed by atoms with Crippen LogP contribution in [-0.2, 0) is 18.9 Å². The van der Waals surface area contributed by atoms with Crippen molar-refractivity contribution in [2.24, 2.45) is 0 Å². The summed E-state index contributed by atoms with van der Waals surface area (Å²) in [5, 5.41) is 20.1. The van der Waals surface area contributed by atoms with E-state index in [1.807, 2.05) is 16.7 Å². The van der Waals surface area contributed by atoms with Gasteiger partial charge in [0, 0.05) is 24.4 Å². The van der Waals surface area contributed by atoms with Crippen LogP contribution in [0.25, 0.3) is 0 Å². The molecule has 0 aliphatic carbocycles. The van der Waals surface area contributed by atoms with Crippen LogP contribution in [0, 0.1) is 10.1 Å². The Morgan fingerprint density at radius 3 is 2.47 bits per heavy atom. The van der Waals surface area contributed by atoms with Crippen molar-refractivity contribution in [2.45, 2.75) is 43.8 Å². The second-order valence-corrected chi connectivity index (χ2v) is 7.97. The summed E-state index contributed by atoms with van der Waals surface area (Å²) in [6.45, 7) is 9.00. The van der Waals surface area contributed by atoms with E-state index in [0.717, 1.165) is 16.5 Å². The largest absolute Gasteiger partial charge is 0.486 e. The van der Waals surface area contributed by atoms with Gasteiger partial charge in [-0.05, 0) is 29.2 Å². The van der Waals surface area contributed by atoms with Gasteiger partial charge in [0.1, 0.15) is 12.4 Å². The number of aromatic nitrogens is 3.